The molecule has 28 heavy (non-hydrogen) atoms. The largest absolute Gasteiger partial charge is 0.332 e. The number of hydrogen-bond acceptors (Lipinski definition) is 5. The molecule has 3 aromatic rings. The number of urea groups is 1. The monoisotopic (exact) mass is 394 g/mol. The average Bonchev–Trinajstić information content (AvgIpc) is 3.38. The minimum atomic E-state index is -0.945. The molecule has 0 atom stereocenters. The Bertz CT molecular complexity index is 1020. The molecule has 1 aliphatic rings. The lowest BCUT2D eigenvalue weighted by molar-refractivity contribution is -0.147. The zero-order valence-electron chi connectivity index (χ0n) is 15.4. The molecule has 8 heteroatoms. The van der Waals surface area contributed by atoms with Crippen molar-refractivity contribution in [1.82, 2.24) is 19.6 Å². The molecular weight excluding hydrogens is 376 g/mol. The fourth-order valence-electron chi connectivity index (χ4n) is 3.27. The maximum Gasteiger partial charge on any atom is 0.332 e. The average molecular weight is 394 g/mol. The second-order valence-corrected chi connectivity index (χ2v) is 7.54. The highest BCUT2D eigenvalue weighted by atomic mass is 32.1. The normalized spacial score (nSPS) is 15.6. The Kier molecular flexibility index (Phi) is 4.56. The van der Waals surface area contributed by atoms with Gasteiger partial charge in [-0.2, -0.15) is 5.10 Å². The number of rotatable bonds is 4. The molecule has 7 nitrogen and oxygen atoms in total. The first-order chi connectivity index (χ1) is 13.5. The van der Waals surface area contributed by atoms with E-state index < -0.39 is 23.8 Å². The first kappa shape index (κ1) is 18.1. The Morgan fingerprint density at radius 3 is 2.25 bits per heavy atom. The Morgan fingerprint density at radius 2 is 1.64 bits per heavy atom. The third-order valence-electron chi connectivity index (χ3n) is 4.82. The summed E-state index contributed by atoms with van der Waals surface area (Å²) in [7, 11) is 2.79. The van der Waals surface area contributed by atoms with Gasteiger partial charge in [-0.05, 0) is 30.0 Å². The van der Waals surface area contributed by atoms with Crippen LogP contribution in [0.5, 0.6) is 0 Å². The number of benzene rings is 1. The van der Waals surface area contributed by atoms with Crippen LogP contribution in [0.4, 0.5) is 4.79 Å². The van der Waals surface area contributed by atoms with Crippen molar-refractivity contribution >= 4 is 29.2 Å². The molecule has 4 rings (SSSR count). The van der Waals surface area contributed by atoms with Gasteiger partial charge in [-0.1, -0.05) is 24.3 Å². The lowest BCUT2D eigenvalue weighted by Crippen LogP contribution is -2.57. The Hall–Kier alpha value is -3.26. The van der Waals surface area contributed by atoms with Gasteiger partial charge in [0.15, 0.2) is 0 Å². The minimum Gasteiger partial charge on any atom is -0.273 e. The Balaban J connectivity index is 1.74. The summed E-state index contributed by atoms with van der Waals surface area (Å²) in [5.41, 5.74) is 2.41. The van der Waals surface area contributed by atoms with Gasteiger partial charge in [0.25, 0.3) is 0 Å². The third kappa shape index (κ3) is 3.01. The summed E-state index contributed by atoms with van der Waals surface area (Å²) in [4.78, 5) is 40.1. The summed E-state index contributed by atoms with van der Waals surface area (Å²) in [6, 6.07) is 12.9. The standard InChI is InChI=1S/C20H18N4O3S/c1-22-18(25)15(19(26)23(2)20(22)27)11-13-12-24(14-7-4-3-5-8-14)21-17(13)16-9-6-10-28-16/h3-10,12,15H,11H2,1-2H3. The quantitative estimate of drug-likeness (QED) is 0.638. The molecule has 0 radical (unpaired) electrons. The minimum absolute atomic E-state index is 0.180. The highest BCUT2D eigenvalue weighted by molar-refractivity contribution is 7.13. The van der Waals surface area contributed by atoms with Crippen molar-refractivity contribution in [3.05, 3.63) is 59.6 Å². The van der Waals surface area contributed by atoms with E-state index in [0.717, 1.165) is 31.6 Å². The molecule has 1 aromatic carbocycles. The van der Waals surface area contributed by atoms with Crippen LogP contribution in [0.15, 0.2) is 54.0 Å². The topological polar surface area (TPSA) is 75.5 Å². The molecule has 0 unspecified atom stereocenters. The molecule has 0 N–H and O–H groups in total. The second-order valence-electron chi connectivity index (χ2n) is 6.59. The van der Waals surface area contributed by atoms with Gasteiger partial charge in [-0.3, -0.25) is 19.4 Å². The van der Waals surface area contributed by atoms with Crippen molar-refractivity contribution < 1.29 is 14.4 Å². The van der Waals surface area contributed by atoms with Crippen molar-refractivity contribution in [1.29, 1.82) is 0 Å². The molecule has 1 fully saturated rings. The van der Waals surface area contributed by atoms with E-state index in [9.17, 15) is 14.4 Å². The van der Waals surface area contributed by atoms with Gasteiger partial charge < -0.3 is 0 Å². The van der Waals surface area contributed by atoms with Crippen LogP contribution in [0.2, 0.25) is 0 Å². The van der Waals surface area contributed by atoms with E-state index in [-0.39, 0.29) is 6.42 Å². The molecule has 1 aliphatic heterocycles. The van der Waals surface area contributed by atoms with Gasteiger partial charge >= 0.3 is 6.03 Å². The molecule has 142 valence electrons. The fourth-order valence-corrected chi connectivity index (χ4v) is 4.02. The Labute approximate surface area is 165 Å². The van der Waals surface area contributed by atoms with Crippen molar-refractivity contribution in [3.8, 4) is 16.3 Å². The maximum absolute atomic E-state index is 12.6. The van der Waals surface area contributed by atoms with Crippen LogP contribution >= 0.6 is 11.3 Å². The first-order valence-corrected chi connectivity index (χ1v) is 9.62. The third-order valence-corrected chi connectivity index (χ3v) is 5.70. The number of barbiturate groups is 1. The van der Waals surface area contributed by atoms with Crippen molar-refractivity contribution in [2.24, 2.45) is 5.92 Å². The number of amides is 4. The summed E-state index contributed by atoms with van der Waals surface area (Å²) in [5, 5.41) is 6.66. The maximum atomic E-state index is 12.6. The van der Waals surface area contributed by atoms with Crippen LogP contribution in [0.25, 0.3) is 16.3 Å². The van der Waals surface area contributed by atoms with Gasteiger partial charge in [0, 0.05) is 25.9 Å². The number of nitrogens with zero attached hydrogens (tertiary/aromatic N) is 4. The number of aromatic nitrogens is 2. The lowest BCUT2D eigenvalue weighted by atomic mass is 9.95. The van der Waals surface area contributed by atoms with E-state index in [2.05, 4.69) is 0 Å². The van der Waals surface area contributed by atoms with E-state index in [4.69, 9.17) is 5.10 Å². The summed E-state index contributed by atoms with van der Waals surface area (Å²) in [5.74, 6) is -1.92. The van der Waals surface area contributed by atoms with Crippen LogP contribution in [-0.2, 0) is 16.0 Å². The van der Waals surface area contributed by atoms with Crippen LogP contribution < -0.4 is 0 Å². The first-order valence-electron chi connectivity index (χ1n) is 8.74. The van der Waals surface area contributed by atoms with Crippen LogP contribution in [0.3, 0.4) is 0 Å². The van der Waals surface area contributed by atoms with E-state index >= 15 is 0 Å². The van der Waals surface area contributed by atoms with Crippen molar-refractivity contribution in [2.45, 2.75) is 6.42 Å². The summed E-state index contributed by atoms with van der Waals surface area (Å²) in [6.07, 6.45) is 2.03. The molecule has 1 saturated heterocycles. The van der Waals surface area contributed by atoms with Crippen LogP contribution in [0, 0.1) is 5.92 Å². The highest BCUT2D eigenvalue weighted by Gasteiger charge is 2.42. The van der Waals surface area contributed by atoms with E-state index in [1.165, 1.54) is 14.1 Å². The molecule has 0 saturated carbocycles. The Morgan fingerprint density at radius 1 is 0.964 bits per heavy atom. The molecule has 0 spiro atoms. The zero-order valence-corrected chi connectivity index (χ0v) is 16.2. The fraction of sp³-hybridized carbons (Fsp3) is 0.200. The number of imide groups is 2. The smallest absolute Gasteiger partial charge is 0.273 e. The predicted octanol–water partition coefficient (Wildman–Crippen LogP) is 2.81. The highest BCUT2D eigenvalue weighted by Crippen LogP contribution is 2.30. The van der Waals surface area contributed by atoms with Gasteiger partial charge in [0.1, 0.15) is 11.6 Å². The second kappa shape index (κ2) is 7.05. The van der Waals surface area contributed by atoms with E-state index in [0.29, 0.717) is 0 Å². The van der Waals surface area contributed by atoms with Gasteiger partial charge in [0.05, 0.1) is 10.6 Å². The number of para-hydroxylation sites is 1. The van der Waals surface area contributed by atoms with Crippen LogP contribution in [-0.4, -0.2) is 51.5 Å². The summed E-state index contributed by atoms with van der Waals surface area (Å²) in [6.45, 7) is 0. The van der Waals surface area contributed by atoms with Gasteiger partial charge in [-0.15, -0.1) is 11.3 Å². The van der Waals surface area contributed by atoms with Crippen molar-refractivity contribution in [2.75, 3.05) is 14.1 Å². The summed E-state index contributed by atoms with van der Waals surface area (Å²) >= 11 is 1.54. The van der Waals surface area contributed by atoms with Crippen molar-refractivity contribution in [3.63, 3.8) is 0 Å². The SMILES string of the molecule is CN1C(=O)C(Cc2cn(-c3ccccc3)nc2-c2cccs2)C(=O)N(C)C1=O. The zero-order chi connectivity index (χ0) is 19.8. The van der Waals surface area contributed by atoms with Crippen LogP contribution in [0.1, 0.15) is 5.56 Å². The number of carbonyl (C=O) groups excluding carboxylic acids is 3. The lowest BCUT2D eigenvalue weighted by Gasteiger charge is -2.32. The molecule has 0 bridgehead atoms. The summed E-state index contributed by atoms with van der Waals surface area (Å²) < 4.78 is 1.75. The van der Waals surface area contributed by atoms with Gasteiger partial charge in [-0.25, -0.2) is 9.48 Å². The number of thiophene rings is 1. The van der Waals surface area contributed by atoms with Gasteiger partial charge in [0.2, 0.25) is 11.8 Å². The van der Waals surface area contributed by atoms with E-state index in [1.807, 2.05) is 54.0 Å². The molecule has 4 amide bonds. The molecule has 0 aliphatic carbocycles. The van der Waals surface area contributed by atoms with E-state index in [1.54, 1.807) is 16.0 Å². The molecule has 2 aromatic heterocycles. The predicted molar refractivity (Wildman–Crippen MR) is 105 cm³/mol. The number of carbonyl (C=O) groups is 3. The molecular formula is C20H18N4O3S. The number of hydrogen-bond donors (Lipinski definition) is 0. The molecule has 3 heterocycles.